The molecular formula is C15H16BrFN2O2. The van der Waals surface area contributed by atoms with Gasteiger partial charge in [0.2, 0.25) is 0 Å². The SMILES string of the molecule is COC(=O)c1nn(-c2cccc(F)c2)c(C(C)(C)C)c1Br. The maximum absolute atomic E-state index is 13.5. The second kappa shape index (κ2) is 5.60. The number of hydrogen-bond donors (Lipinski definition) is 0. The van der Waals surface area contributed by atoms with Crippen LogP contribution >= 0.6 is 15.9 Å². The van der Waals surface area contributed by atoms with Crippen LogP contribution in [0.4, 0.5) is 4.39 Å². The third-order valence-corrected chi connectivity index (χ3v) is 3.72. The van der Waals surface area contributed by atoms with Crippen molar-refractivity contribution in [3.63, 3.8) is 0 Å². The highest BCUT2D eigenvalue weighted by Gasteiger charge is 2.30. The molecule has 2 aromatic rings. The van der Waals surface area contributed by atoms with Crippen molar-refractivity contribution in [3.05, 3.63) is 45.9 Å². The van der Waals surface area contributed by atoms with Gasteiger partial charge in [0, 0.05) is 5.41 Å². The Morgan fingerprint density at radius 1 is 1.38 bits per heavy atom. The summed E-state index contributed by atoms with van der Waals surface area (Å²) in [5.74, 6) is -0.902. The number of benzene rings is 1. The van der Waals surface area contributed by atoms with Gasteiger partial charge in [0.15, 0.2) is 5.69 Å². The van der Waals surface area contributed by atoms with E-state index in [0.29, 0.717) is 10.2 Å². The Labute approximate surface area is 131 Å². The van der Waals surface area contributed by atoms with Crippen molar-refractivity contribution < 1.29 is 13.9 Å². The molecule has 0 bridgehead atoms. The van der Waals surface area contributed by atoms with E-state index in [9.17, 15) is 9.18 Å². The fourth-order valence-corrected chi connectivity index (χ4v) is 3.07. The van der Waals surface area contributed by atoms with Crippen LogP contribution in [0.15, 0.2) is 28.7 Å². The highest BCUT2D eigenvalue weighted by molar-refractivity contribution is 9.10. The molecule has 1 aromatic heterocycles. The average Bonchev–Trinajstić information content (AvgIpc) is 2.75. The van der Waals surface area contributed by atoms with Crippen molar-refractivity contribution in [1.82, 2.24) is 9.78 Å². The lowest BCUT2D eigenvalue weighted by molar-refractivity contribution is 0.0592. The first kappa shape index (κ1) is 15.7. The summed E-state index contributed by atoms with van der Waals surface area (Å²) in [4.78, 5) is 11.8. The van der Waals surface area contributed by atoms with E-state index >= 15 is 0 Å². The van der Waals surface area contributed by atoms with Crippen molar-refractivity contribution in [3.8, 4) is 5.69 Å². The number of carbonyl (C=O) groups is 1. The van der Waals surface area contributed by atoms with E-state index in [0.717, 1.165) is 5.69 Å². The summed E-state index contributed by atoms with van der Waals surface area (Å²) in [5.41, 5.74) is 1.20. The van der Waals surface area contributed by atoms with Gasteiger partial charge in [-0.1, -0.05) is 26.8 Å². The molecule has 1 aromatic carbocycles. The van der Waals surface area contributed by atoms with Gasteiger partial charge in [-0.25, -0.2) is 13.9 Å². The third kappa shape index (κ3) is 3.00. The van der Waals surface area contributed by atoms with Gasteiger partial charge in [-0.05, 0) is 34.1 Å². The van der Waals surface area contributed by atoms with Gasteiger partial charge < -0.3 is 4.74 Å². The summed E-state index contributed by atoms with van der Waals surface area (Å²) >= 11 is 3.42. The smallest absolute Gasteiger partial charge is 0.359 e. The zero-order valence-corrected chi connectivity index (χ0v) is 13.9. The van der Waals surface area contributed by atoms with Gasteiger partial charge in [0.25, 0.3) is 0 Å². The second-order valence-electron chi connectivity index (χ2n) is 5.64. The van der Waals surface area contributed by atoms with Gasteiger partial charge in [-0.3, -0.25) is 0 Å². The molecule has 0 aliphatic rings. The van der Waals surface area contributed by atoms with Crippen LogP contribution in [0.25, 0.3) is 5.69 Å². The molecule has 0 aliphatic heterocycles. The maximum Gasteiger partial charge on any atom is 0.359 e. The lowest BCUT2D eigenvalue weighted by Gasteiger charge is -2.21. The molecule has 4 nitrogen and oxygen atoms in total. The predicted octanol–water partition coefficient (Wildman–Crippen LogP) is 3.86. The number of ether oxygens (including phenoxy) is 1. The molecule has 0 aliphatic carbocycles. The van der Waals surface area contributed by atoms with Gasteiger partial charge in [0.05, 0.1) is 23.0 Å². The number of carbonyl (C=O) groups excluding carboxylic acids is 1. The fourth-order valence-electron chi connectivity index (χ4n) is 2.07. The molecule has 0 spiro atoms. The molecular weight excluding hydrogens is 339 g/mol. The van der Waals surface area contributed by atoms with Crippen LogP contribution in [0.3, 0.4) is 0 Å². The van der Waals surface area contributed by atoms with E-state index in [1.807, 2.05) is 20.8 Å². The minimum atomic E-state index is -0.539. The third-order valence-electron chi connectivity index (χ3n) is 2.97. The van der Waals surface area contributed by atoms with Crippen molar-refractivity contribution in [1.29, 1.82) is 0 Å². The first-order valence-electron chi connectivity index (χ1n) is 6.39. The van der Waals surface area contributed by atoms with Crippen LogP contribution in [-0.4, -0.2) is 22.9 Å². The number of nitrogens with zero attached hydrogens (tertiary/aromatic N) is 2. The van der Waals surface area contributed by atoms with Crippen LogP contribution in [0.2, 0.25) is 0 Å². The molecule has 0 amide bonds. The highest BCUT2D eigenvalue weighted by Crippen LogP contribution is 2.34. The Kier molecular flexibility index (Phi) is 4.18. The minimum Gasteiger partial charge on any atom is -0.464 e. The number of methoxy groups -OCH3 is 1. The molecule has 1 heterocycles. The Hall–Kier alpha value is -1.69. The quantitative estimate of drug-likeness (QED) is 0.769. The molecule has 0 unspecified atom stereocenters. The summed E-state index contributed by atoms with van der Waals surface area (Å²) in [7, 11) is 1.30. The Morgan fingerprint density at radius 3 is 2.57 bits per heavy atom. The molecule has 0 N–H and O–H groups in total. The van der Waals surface area contributed by atoms with Crippen molar-refractivity contribution in [2.75, 3.05) is 7.11 Å². The molecule has 2 rings (SSSR count). The number of aromatic nitrogens is 2. The molecule has 0 saturated heterocycles. The summed E-state index contributed by atoms with van der Waals surface area (Å²) in [6, 6.07) is 6.07. The molecule has 112 valence electrons. The van der Waals surface area contributed by atoms with Crippen molar-refractivity contribution in [2.24, 2.45) is 0 Å². The maximum atomic E-state index is 13.5. The number of hydrogen-bond acceptors (Lipinski definition) is 3. The number of halogens is 2. The first-order valence-corrected chi connectivity index (χ1v) is 7.18. The Bertz CT molecular complexity index is 689. The normalized spacial score (nSPS) is 11.5. The van der Waals surface area contributed by atoms with E-state index < -0.39 is 5.97 Å². The Balaban J connectivity index is 2.73. The highest BCUT2D eigenvalue weighted by atomic mass is 79.9. The number of rotatable bonds is 2. The standard InChI is InChI=1S/C15H16BrFN2O2/c1-15(2,3)13-11(16)12(14(20)21-4)18-19(13)10-7-5-6-9(17)8-10/h5-8H,1-4H3. The fraction of sp³-hybridized carbons (Fsp3) is 0.333. The van der Waals surface area contributed by atoms with Crippen LogP contribution in [-0.2, 0) is 10.2 Å². The summed E-state index contributed by atoms with van der Waals surface area (Å²) in [6.45, 7) is 5.98. The molecule has 0 saturated carbocycles. The zero-order valence-electron chi connectivity index (χ0n) is 12.3. The largest absolute Gasteiger partial charge is 0.464 e. The minimum absolute atomic E-state index is 0.173. The van der Waals surface area contributed by atoms with Gasteiger partial charge in [-0.15, -0.1) is 0 Å². The van der Waals surface area contributed by atoms with Gasteiger partial charge >= 0.3 is 5.97 Å². The van der Waals surface area contributed by atoms with Crippen molar-refractivity contribution in [2.45, 2.75) is 26.2 Å². The van der Waals surface area contributed by atoms with E-state index in [-0.39, 0.29) is 16.9 Å². The molecule has 0 radical (unpaired) electrons. The van der Waals surface area contributed by atoms with Gasteiger partial charge in [-0.2, -0.15) is 5.10 Å². The molecule has 0 atom stereocenters. The van der Waals surface area contributed by atoms with E-state index in [4.69, 9.17) is 4.74 Å². The first-order chi connectivity index (χ1) is 9.75. The summed E-state index contributed by atoms with van der Waals surface area (Å²) in [6.07, 6.45) is 0. The predicted molar refractivity (Wildman–Crippen MR) is 81.3 cm³/mol. The topological polar surface area (TPSA) is 44.1 Å². The number of esters is 1. The van der Waals surface area contributed by atoms with Crippen LogP contribution in [0.5, 0.6) is 0 Å². The molecule has 21 heavy (non-hydrogen) atoms. The van der Waals surface area contributed by atoms with E-state index in [2.05, 4.69) is 21.0 Å². The van der Waals surface area contributed by atoms with Crippen LogP contribution in [0, 0.1) is 5.82 Å². The van der Waals surface area contributed by atoms with Gasteiger partial charge in [0.1, 0.15) is 5.82 Å². The summed E-state index contributed by atoms with van der Waals surface area (Å²) in [5, 5.41) is 4.29. The van der Waals surface area contributed by atoms with E-state index in [1.54, 1.807) is 16.8 Å². The lowest BCUT2D eigenvalue weighted by Crippen LogP contribution is -2.18. The van der Waals surface area contributed by atoms with E-state index in [1.165, 1.54) is 19.2 Å². The summed E-state index contributed by atoms with van der Waals surface area (Å²) < 4.78 is 20.3. The lowest BCUT2D eigenvalue weighted by atomic mass is 9.91. The van der Waals surface area contributed by atoms with Crippen molar-refractivity contribution >= 4 is 21.9 Å². The van der Waals surface area contributed by atoms with Crippen LogP contribution < -0.4 is 0 Å². The molecule has 6 heteroatoms. The average molecular weight is 355 g/mol. The monoisotopic (exact) mass is 354 g/mol. The molecule has 0 fully saturated rings. The Morgan fingerprint density at radius 2 is 2.05 bits per heavy atom. The zero-order chi connectivity index (χ0) is 15.8. The second-order valence-corrected chi connectivity index (χ2v) is 6.44. The van der Waals surface area contributed by atoms with Crippen LogP contribution in [0.1, 0.15) is 37.0 Å².